The SMILES string of the molecule is Cc1nnc2c(c1-c1ccccc1)-c1ncccc1C2. The molecule has 0 atom stereocenters. The third-order valence-electron chi connectivity index (χ3n) is 3.77. The molecule has 3 heteroatoms. The monoisotopic (exact) mass is 259 g/mol. The van der Waals surface area contributed by atoms with Crippen LogP contribution < -0.4 is 0 Å². The summed E-state index contributed by atoms with van der Waals surface area (Å²) in [4.78, 5) is 4.56. The van der Waals surface area contributed by atoms with E-state index in [0.717, 1.165) is 34.6 Å². The number of aromatic nitrogens is 3. The summed E-state index contributed by atoms with van der Waals surface area (Å²) in [6, 6.07) is 14.5. The topological polar surface area (TPSA) is 38.7 Å². The highest BCUT2D eigenvalue weighted by Gasteiger charge is 2.26. The van der Waals surface area contributed by atoms with Crippen molar-refractivity contribution in [3.05, 3.63) is 65.6 Å². The van der Waals surface area contributed by atoms with E-state index in [4.69, 9.17) is 0 Å². The standard InChI is InChI=1S/C17H13N3/c1-11-15(12-6-3-2-4-7-12)16-14(20-19-11)10-13-8-5-9-18-17(13)16/h2-9H,10H2,1H3. The number of pyridine rings is 1. The van der Waals surface area contributed by atoms with Gasteiger partial charge in [-0.25, -0.2) is 0 Å². The zero-order chi connectivity index (χ0) is 13.5. The molecule has 3 aromatic rings. The van der Waals surface area contributed by atoms with Crippen LogP contribution in [0.25, 0.3) is 22.4 Å². The summed E-state index contributed by atoms with van der Waals surface area (Å²) in [6.07, 6.45) is 2.67. The maximum absolute atomic E-state index is 4.56. The lowest BCUT2D eigenvalue weighted by Gasteiger charge is -2.10. The molecule has 2 heterocycles. The van der Waals surface area contributed by atoms with Crippen LogP contribution in [0.2, 0.25) is 0 Å². The highest BCUT2D eigenvalue weighted by Crippen LogP contribution is 2.41. The molecule has 96 valence electrons. The van der Waals surface area contributed by atoms with Crippen molar-refractivity contribution >= 4 is 0 Å². The van der Waals surface area contributed by atoms with Gasteiger partial charge in [-0.3, -0.25) is 4.98 Å². The highest BCUT2D eigenvalue weighted by atomic mass is 15.1. The minimum Gasteiger partial charge on any atom is -0.256 e. The van der Waals surface area contributed by atoms with Gasteiger partial charge in [0.1, 0.15) is 0 Å². The number of fused-ring (bicyclic) bond motifs is 3. The largest absolute Gasteiger partial charge is 0.256 e. The van der Waals surface area contributed by atoms with E-state index in [1.807, 2.05) is 25.3 Å². The van der Waals surface area contributed by atoms with Crippen molar-refractivity contribution in [2.45, 2.75) is 13.3 Å². The molecule has 0 amide bonds. The molecule has 4 rings (SSSR count). The lowest BCUT2D eigenvalue weighted by molar-refractivity contribution is 0.928. The van der Waals surface area contributed by atoms with Gasteiger partial charge in [-0.2, -0.15) is 10.2 Å². The van der Waals surface area contributed by atoms with Crippen LogP contribution in [-0.2, 0) is 6.42 Å². The smallest absolute Gasteiger partial charge is 0.0776 e. The van der Waals surface area contributed by atoms with E-state index in [1.54, 1.807) is 0 Å². The maximum Gasteiger partial charge on any atom is 0.0776 e. The molecular formula is C17H13N3. The second kappa shape index (κ2) is 4.23. The minimum absolute atomic E-state index is 0.825. The fourth-order valence-corrected chi connectivity index (χ4v) is 2.88. The van der Waals surface area contributed by atoms with Crippen LogP contribution >= 0.6 is 0 Å². The summed E-state index contributed by atoms with van der Waals surface area (Å²) in [7, 11) is 0. The third kappa shape index (κ3) is 1.56. The Hall–Kier alpha value is -2.55. The normalized spacial score (nSPS) is 12.1. The van der Waals surface area contributed by atoms with Crippen LogP contribution in [0.1, 0.15) is 17.0 Å². The van der Waals surface area contributed by atoms with Crippen molar-refractivity contribution in [2.75, 3.05) is 0 Å². The minimum atomic E-state index is 0.825. The lowest BCUT2D eigenvalue weighted by atomic mass is 9.97. The van der Waals surface area contributed by atoms with Gasteiger partial charge in [-0.15, -0.1) is 0 Å². The van der Waals surface area contributed by atoms with Crippen molar-refractivity contribution in [2.24, 2.45) is 0 Å². The van der Waals surface area contributed by atoms with Gasteiger partial charge < -0.3 is 0 Å². The van der Waals surface area contributed by atoms with Crippen molar-refractivity contribution in [1.82, 2.24) is 15.2 Å². The second-order valence-corrected chi connectivity index (χ2v) is 5.04. The molecular weight excluding hydrogens is 246 g/mol. The molecule has 0 bridgehead atoms. The summed E-state index contributed by atoms with van der Waals surface area (Å²) in [5.41, 5.74) is 7.76. The molecule has 1 aliphatic carbocycles. The number of hydrogen-bond donors (Lipinski definition) is 0. The average Bonchev–Trinajstić information content (AvgIpc) is 2.87. The molecule has 0 aliphatic heterocycles. The molecule has 0 saturated carbocycles. The first-order valence-electron chi connectivity index (χ1n) is 6.70. The number of rotatable bonds is 1. The van der Waals surface area contributed by atoms with E-state index in [9.17, 15) is 0 Å². The average molecular weight is 259 g/mol. The van der Waals surface area contributed by atoms with Crippen molar-refractivity contribution in [3.63, 3.8) is 0 Å². The molecule has 0 N–H and O–H groups in total. The highest BCUT2D eigenvalue weighted by molar-refractivity contribution is 5.88. The Balaban J connectivity index is 2.06. The predicted molar refractivity (Wildman–Crippen MR) is 78.2 cm³/mol. The first-order chi connectivity index (χ1) is 9.84. The Morgan fingerprint density at radius 1 is 0.900 bits per heavy atom. The second-order valence-electron chi connectivity index (χ2n) is 5.04. The van der Waals surface area contributed by atoms with Gasteiger partial charge in [0.05, 0.1) is 17.1 Å². The zero-order valence-corrected chi connectivity index (χ0v) is 11.2. The van der Waals surface area contributed by atoms with Crippen LogP contribution in [0, 0.1) is 6.92 Å². The first kappa shape index (κ1) is 11.3. The number of nitrogens with zero attached hydrogens (tertiary/aromatic N) is 3. The number of hydrogen-bond acceptors (Lipinski definition) is 3. The molecule has 0 radical (unpaired) electrons. The molecule has 0 spiro atoms. The lowest BCUT2D eigenvalue weighted by Crippen LogP contribution is -1.98. The summed E-state index contributed by atoms with van der Waals surface area (Å²) in [5, 5.41) is 8.70. The van der Waals surface area contributed by atoms with E-state index in [1.165, 1.54) is 11.1 Å². The van der Waals surface area contributed by atoms with Crippen molar-refractivity contribution in [1.29, 1.82) is 0 Å². The molecule has 0 unspecified atom stereocenters. The van der Waals surface area contributed by atoms with Gasteiger partial charge >= 0.3 is 0 Å². The fourth-order valence-electron chi connectivity index (χ4n) is 2.88. The Labute approximate surface area is 117 Å². The number of benzene rings is 1. The first-order valence-corrected chi connectivity index (χ1v) is 6.70. The molecule has 0 saturated heterocycles. The van der Waals surface area contributed by atoms with Gasteiger partial charge in [0.2, 0.25) is 0 Å². The van der Waals surface area contributed by atoms with Gasteiger partial charge in [-0.1, -0.05) is 36.4 Å². The Bertz CT molecular complexity index is 795. The van der Waals surface area contributed by atoms with E-state index in [0.29, 0.717) is 0 Å². The Kier molecular flexibility index (Phi) is 2.39. The van der Waals surface area contributed by atoms with Crippen molar-refractivity contribution < 1.29 is 0 Å². The van der Waals surface area contributed by atoms with Gasteiger partial charge in [0, 0.05) is 23.7 Å². The van der Waals surface area contributed by atoms with Crippen LogP contribution in [0.5, 0.6) is 0 Å². The molecule has 0 fully saturated rings. The third-order valence-corrected chi connectivity index (χ3v) is 3.77. The van der Waals surface area contributed by atoms with Crippen LogP contribution in [0.15, 0.2) is 48.7 Å². The Morgan fingerprint density at radius 3 is 2.60 bits per heavy atom. The summed E-state index contributed by atoms with van der Waals surface area (Å²) >= 11 is 0. The van der Waals surface area contributed by atoms with Gasteiger partial charge in [0.25, 0.3) is 0 Å². The maximum atomic E-state index is 4.56. The van der Waals surface area contributed by atoms with Crippen LogP contribution in [0.4, 0.5) is 0 Å². The summed E-state index contributed by atoms with van der Waals surface area (Å²) in [6.45, 7) is 2.01. The quantitative estimate of drug-likeness (QED) is 0.525. The van der Waals surface area contributed by atoms with Gasteiger partial charge in [0.15, 0.2) is 0 Å². The van der Waals surface area contributed by atoms with Crippen molar-refractivity contribution in [3.8, 4) is 22.4 Å². The summed E-state index contributed by atoms with van der Waals surface area (Å²) in [5.74, 6) is 0. The molecule has 20 heavy (non-hydrogen) atoms. The zero-order valence-electron chi connectivity index (χ0n) is 11.2. The molecule has 2 aromatic heterocycles. The van der Waals surface area contributed by atoms with E-state index < -0.39 is 0 Å². The summed E-state index contributed by atoms with van der Waals surface area (Å²) < 4.78 is 0. The van der Waals surface area contributed by atoms with Gasteiger partial charge in [-0.05, 0) is 24.1 Å². The molecule has 3 nitrogen and oxygen atoms in total. The van der Waals surface area contributed by atoms with E-state index in [-0.39, 0.29) is 0 Å². The van der Waals surface area contributed by atoms with E-state index in [2.05, 4.69) is 45.5 Å². The number of aryl methyl sites for hydroxylation is 1. The molecule has 1 aromatic carbocycles. The van der Waals surface area contributed by atoms with Crippen LogP contribution in [-0.4, -0.2) is 15.2 Å². The van der Waals surface area contributed by atoms with Crippen LogP contribution in [0.3, 0.4) is 0 Å². The predicted octanol–water partition coefficient (Wildman–Crippen LogP) is 3.42. The Morgan fingerprint density at radius 2 is 1.75 bits per heavy atom. The van der Waals surface area contributed by atoms with E-state index >= 15 is 0 Å². The molecule has 1 aliphatic rings. The fraction of sp³-hybridized carbons (Fsp3) is 0.118.